The van der Waals surface area contributed by atoms with Crippen LogP contribution in [0.3, 0.4) is 0 Å². The molecule has 0 aromatic heterocycles. The maximum absolute atomic E-state index is 5.58. The highest BCUT2D eigenvalue weighted by Gasteiger charge is 1.98. The van der Waals surface area contributed by atoms with Crippen LogP contribution in [0.15, 0.2) is 24.3 Å². The van der Waals surface area contributed by atoms with Crippen molar-refractivity contribution in [2.24, 2.45) is 11.7 Å². The maximum atomic E-state index is 5.58. The zero-order valence-electron chi connectivity index (χ0n) is 12.8. The highest BCUT2D eigenvalue weighted by Crippen LogP contribution is 2.12. The fraction of sp³-hybridized carbons (Fsp3) is 0.562. The van der Waals surface area contributed by atoms with Crippen LogP contribution in [0.4, 0.5) is 0 Å². The van der Waals surface area contributed by atoms with Gasteiger partial charge in [0.05, 0.1) is 24.8 Å². The summed E-state index contributed by atoms with van der Waals surface area (Å²) in [7, 11) is 0. The molecule has 1 rings (SSSR count). The molecule has 0 saturated heterocycles. The monoisotopic (exact) mass is 311 g/mol. The van der Waals surface area contributed by atoms with Gasteiger partial charge in [-0.2, -0.15) is 0 Å². The predicted octanol–water partition coefficient (Wildman–Crippen LogP) is 2.58. The van der Waals surface area contributed by atoms with Gasteiger partial charge in [-0.15, -0.1) is 0 Å². The van der Waals surface area contributed by atoms with Gasteiger partial charge in [0.25, 0.3) is 0 Å². The first-order valence-electron chi connectivity index (χ1n) is 7.23. The van der Waals surface area contributed by atoms with Crippen molar-refractivity contribution in [1.82, 2.24) is 0 Å². The zero-order valence-corrected chi connectivity index (χ0v) is 13.7. The molecule has 0 saturated carbocycles. The molecular weight excluding hydrogens is 286 g/mol. The van der Waals surface area contributed by atoms with Crippen molar-refractivity contribution in [3.05, 3.63) is 29.8 Å². The molecule has 0 radical (unpaired) electrons. The molecule has 0 aliphatic rings. The minimum Gasteiger partial charge on any atom is -0.491 e. The van der Waals surface area contributed by atoms with E-state index in [2.05, 4.69) is 13.8 Å². The van der Waals surface area contributed by atoms with Crippen molar-refractivity contribution >= 4 is 17.2 Å². The van der Waals surface area contributed by atoms with Crippen LogP contribution in [0.2, 0.25) is 0 Å². The summed E-state index contributed by atoms with van der Waals surface area (Å²) in [6.07, 6.45) is 0.620. The van der Waals surface area contributed by atoms with Gasteiger partial charge in [-0.05, 0) is 23.6 Å². The van der Waals surface area contributed by atoms with Crippen LogP contribution in [0.25, 0.3) is 0 Å². The summed E-state index contributed by atoms with van der Waals surface area (Å²) in [6.45, 7) is 7.34. The molecule has 2 N–H and O–H groups in total. The summed E-state index contributed by atoms with van der Waals surface area (Å²) in [4.78, 5) is 0.497. The van der Waals surface area contributed by atoms with E-state index in [1.54, 1.807) is 0 Å². The third-order valence-corrected chi connectivity index (χ3v) is 2.77. The maximum Gasteiger partial charge on any atom is 0.119 e. The number of hydrogen-bond acceptors (Lipinski definition) is 4. The van der Waals surface area contributed by atoms with Gasteiger partial charge in [0.15, 0.2) is 0 Å². The van der Waals surface area contributed by atoms with Crippen molar-refractivity contribution in [2.45, 2.75) is 20.3 Å². The van der Waals surface area contributed by atoms with Gasteiger partial charge in [-0.1, -0.05) is 38.2 Å². The summed E-state index contributed by atoms with van der Waals surface area (Å²) in [5.74, 6) is 1.38. The summed E-state index contributed by atoms with van der Waals surface area (Å²) < 4.78 is 16.4. The molecule has 21 heavy (non-hydrogen) atoms. The second-order valence-electron chi connectivity index (χ2n) is 5.22. The molecule has 0 spiro atoms. The van der Waals surface area contributed by atoms with Crippen molar-refractivity contribution in [1.29, 1.82) is 0 Å². The molecule has 0 atom stereocenters. The predicted molar refractivity (Wildman–Crippen MR) is 88.9 cm³/mol. The van der Waals surface area contributed by atoms with E-state index in [-0.39, 0.29) is 0 Å². The van der Waals surface area contributed by atoms with E-state index in [0.717, 1.165) is 17.9 Å². The lowest BCUT2D eigenvalue weighted by molar-refractivity contribution is 0.0282. The molecule has 118 valence electrons. The average molecular weight is 311 g/mol. The molecule has 0 unspecified atom stereocenters. The normalized spacial score (nSPS) is 10.8. The molecule has 0 amide bonds. The molecule has 1 aromatic carbocycles. The first kappa shape index (κ1) is 17.9. The second-order valence-corrected chi connectivity index (χ2v) is 5.74. The molecule has 0 fully saturated rings. The molecule has 0 aliphatic carbocycles. The number of nitrogens with two attached hydrogens (primary N) is 1. The minimum atomic E-state index is 0.497. The van der Waals surface area contributed by atoms with Gasteiger partial charge in [0.1, 0.15) is 12.4 Å². The lowest BCUT2D eigenvalue weighted by atomic mass is 10.1. The quantitative estimate of drug-likeness (QED) is 0.503. The molecule has 1 aromatic rings. The van der Waals surface area contributed by atoms with Gasteiger partial charge in [0, 0.05) is 13.0 Å². The summed E-state index contributed by atoms with van der Waals surface area (Å²) >= 11 is 4.87. The standard InChI is InChI=1S/C16H25NO3S/c1-13(2)12-19-8-7-18-9-10-20-15-5-3-14(4-6-15)11-16(17)21/h3-6,13H,7-12H2,1-2H3,(H2,17,21). The Morgan fingerprint density at radius 2 is 1.67 bits per heavy atom. The zero-order chi connectivity index (χ0) is 15.5. The number of ether oxygens (including phenoxy) is 3. The largest absolute Gasteiger partial charge is 0.491 e. The average Bonchev–Trinajstić information content (AvgIpc) is 2.42. The first-order chi connectivity index (χ1) is 10.1. The smallest absolute Gasteiger partial charge is 0.119 e. The van der Waals surface area contributed by atoms with E-state index in [9.17, 15) is 0 Å². The van der Waals surface area contributed by atoms with Crippen LogP contribution in [-0.4, -0.2) is 38.0 Å². The van der Waals surface area contributed by atoms with Crippen LogP contribution in [0.1, 0.15) is 19.4 Å². The van der Waals surface area contributed by atoms with Gasteiger partial charge < -0.3 is 19.9 Å². The van der Waals surface area contributed by atoms with Gasteiger partial charge in [0.2, 0.25) is 0 Å². The van der Waals surface area contributed by atoms with Gasteiger partial charge in [-0.25, -0.2) is 0 Å². The fourth-order valence-corrected chi connectivity index (χ4v) is 1.83. The van der Waals surface area contributed by atoms with Crippen molar-refractivity contribution in [3.8, 4) is 5.75 Å². The van der Waals surface area contributed by atoms with E-state index >= 15 is 0 Å². The lowest BCUT2D eigenvalue weighted by Crippen LogP contribution is -2.12. The molecule has 0 aliphatic heterocycles. The van der Waals surface area contributed by atoms with Crippen LogP contribution >= 0.6 is 12.2 Å². The van der Waals surface area contributed by atoms with Crippen LogP contribution in [-0.2, 0) is 15.9 Å². The Hall–Kier alpha value is -1.17. The lowest BCUT2D eigenvalue weighted by Gasteiger charge is -2.09. The summed E-state index contributed by atoms with van der Waals surface area (Å²) in [6, 6.07) is 7.77. The highest BCUT2D eigenvalue weighted by molar-refractivity contribution is 7.80. The Labute approximate surface area is 132 Å². The van der Waals surface area contributed by atoms with E-state index in [1.165, 1.54) is 0 Å². The first-order valence-corrected chi connectivity index (χ1v) is 7.64. The van der Waals surface area contributed by atoms with E-state index in [1.807, 2.05) is 24.3 Å². The Kier molecular flexibility index (Phi) is 8.98. The van der Waals surface area contributed by atoms with Crippen LogP contribution in [0, 0.1) is 5.92 Å². The highest BCUT2D eigenvalue weighted by atomic mass is 32.1. The van der Waals surface area contributed by atoms with Gasteiger partial charge >= 0.3 is 0 Å². The number of rotatable bonds is 11. The molecule has 4 nitrogen and oxygen atoms in total. The minimum absolute atomic E-state index is 0.497. The van der Waals surface area contributed by atoms with E-state index < -0.39 is 0 Å². The fourth-order valence-electron chi connectivity index (χ4n) is 1.66. The van der Waals surface area contributed by atoms with Crippen LogP contribution in [0.5, 0.6) is 5.75 Å². The summed E-state index contributed by atoms with van der Waals surface area (Å²) in [5.41, 5.74) is 6.59. The topological polar surface area (TPSA) is 53.7 Å². The van der Waals surface area contributed by atoms with Crippen LogP contribution < -0.4 is 10.5 Å². The van der Waals surface area contributed by atoms with E-state index in [0.29, 0.717) is 43.8 Å². The van der Waals surface area contributed by atoms with Crippen molar-refractivity contribution < 1.29 is 14.2 Å². The Morgan fingerprint density at radius 3 is 2.29 bits per heavy atom. The number of thiocarbonyl (C=S) groups is 1. The van der Waals surface area contributed by atoms with Crippen molar-refractivity contribution in [2.75, 3.05) is 33.0 Å². The Bertz CT molecular complexity index is 406. The SMILES string of the molecule is CC(C)COCCOCCOc1ccc(CC(N)=S)cc1. The van der Waals surface area contributed by atoms with E-state index in [4.69, 9.17) is 32.2 Å². The molecule has 5 heteroatoms. The third kappa shape index (κ3) is 9.39. The molecule has 0 heterocycles. The Balaban J connectivity index is 2.06. The second kappa shape index (κ2) is 10.5. The molecular formula is C16H25NO3S. The van der Waals surface area contributed by atoms with Crippen molar-refractivity contribution in [3.63, 3.8) is 0 Å². The number of hydrogen-bond donors (Lipinski definition) is 1. The van der Waals surface area contributed by atoms with Gasteiger partial charge in [-0.3, -0.25) is 0 Å². The number of benzene rings is 1. The molecule has 0 bridgehead atoms. The summed E-state index contributed by atoms with van der Waals surface area (Å²) in [5, 5.41) is 0. The third-order valence-electron chi connectivity index (χ3n) is 2.62. The Morgan fingerprint density at radius 1 is 1.05 bits per heavy atom.